The van der Waals surface area contributed by atoms with Gasteiger partial charge in [0.25, 0.3) is 0 Å². The fraction of sp³-hybridized carbons (Fsp3) is 0.333. The molecular formula is C15H19N3O. The second-order valence-corrected chi connectivity index (χ2v) is 4.51. The molecule has 0 spiro atoms. The highest BCUT2D eigenvalue weighted by atomic mass is 16.5. The molecule has 100 valence electrons. The molecule has 19 heavy (non-hydrogen) atoms. The van der Waals surface area contributed by atoms with Gasteiger partial charge in [-0.2, -0.15) is 0 Å². The molecule has 0 radical (unpaired) electrons. The first-order valence-electron chi connectivity index (χ1n) is 6.26. The van der Waals surface area contributed by atoms with E-state index in [1.807, 2.05) is 39.2 Å². The maximum atomic E-state index is 5.23. The number of nitrogens with zero attached hydrogens (tertiary/aromatic N) is 2. The molecule has 4 heteroatoms. The minimum atomic E-state index is 0.0655. The van der Waals surface area contributed by atoms with E-state index in [9.17, 15) is 0 Å². The average molecular weight is 257 g/mol. The lowest BCUT2D eigenvalue weighted by atomic mass is 9.99. The van der Waals surface area contributed by atoms with Crippen LogP contribution in [0.2, 0.25) is 0 Å². The van der Waals surface area contributed by atoms with Crippen LogP contribution in [0.3, 0.4) is 0 Å². The molecule has 1 unspecified atom stereocenters. The van der Waals surface area contributed by atoms with Crippen LogP contribution in [-0.2, 0) is 0 Å². The normalized spacial score (nSPS) is 12.2. The fourth-order valence-corrected chi connectivity index (χ4v) is 2.21. The van der Waals surface area contributed by atoms with E-state index in [0.717, 1.165) is 28.3 Å². The Morgan fingerprint density at radius 3 is 2.63 bits per heavy atom. The van der Waals surface area contributed by atoms with Crippen LogP contribution in [0, 0.1) is 13.8 Å². The number of pyridine rings is 2. The van der Waals surface area contributed by atoms with Gasteiger partial charge < -0.3 is 10.1 Å². The van der Waals surface area contributed by atoms with Gasteiger partial charge >= 0.3 is 0 Å². The van der Waals surface area contributed by atoms with Gasteiger partial charge in [0, 0.05) is 17.6 Å². The predicted octanol–water partition coefficient (Wildman–Crippen LogP) is 2.41. The number of aromatic nitrogens is 2. The summed E-state index contributed by atoms with van der Waals surface area (Å²) in [5.74, 6) is 0.760. The van der Waals surface area contributed by atoms with Crippen LogP contribution in [0.5, 0.6) is 5.75 Å². The van der Waals surface area contributed by atoms with Crippen molar-refractivity contribution in [3.8, 4) is 5.75 Å². The summed E-state index contributed by atoms with van der Waals surface area (Å²) >= 11 is 0. The third-order valence-electron chi connectivity index (χ3n) is 3.17. The van der Waals surface area contributed by atoms with Gasteiger partial charge in [0.2, 0.25) is 0 Å². The summed E-state index contributed by atoms with van der Waals surface area (Å²) in [6.07, 6.45) is 3.56. The molecule has 0 fully saturated rings. The van der Waals surface area contributed by atoms with Crippen molar-refractivity contribution >= 4 is 0 Å². The molecule has 1 atom stereocenters. The van der Waals surface area contributed by atoms with Crippen molar-refractivity contribution in [2.75, 3.05) is 14.2 Å². The van der Waals surface area contributed by atoms with Crippen molar-refractivity contribution in [2.24, 2.45) is 0 Å². The fourth-order valence-electron chi connectivity index (χ4n) is 2.21. The molecule has 2 aromatic rings. The zero-order valence-corrected chi connectivity index (χ0v) is 11.8. The minimum Gasteiger partial charge on any atom is -0.495 e. The van der Waals surface area contributed by atoms with Gasteiger partial charge in [0.1, 0.15) is 5.75 Å². The third kappa shape index (κ3) is 2.90. The first-order chi connectivity index (χ1) is 9.15. The Morgan fingerprint density at radius 2 is 2.00 bits per heavy atom. The molecule has 1 N–H and O–H groups in total. The van der Waals surface area contributed by atoms with Gasteiger partial charge in [-0.05, 0) is 44.2 Å². The summed E-state index contributed by atoms with van der Waals surface area (Å²) in [5.41, 5.74) is 4.28. The largest absolute Gasteiger partial charge is 0.495 e. The number of ether oxygens (including phenoxy) is 1. The molecule has 0 aromatic carbocycles. The second-order valence-electron chi connectivity index (χ2n) is 4.51. The maximum absolute atomic E-state index is 5.23. The summed E-state index contributed by atoms with van der Waals surface area (Å²) < 4.78 is 5.23. The summed E-state index contributed by atoms with van der Waals surface area (Å²) in [7, 11) is 3.58. The van der Waals surface area contributed by atoms with Gasteiger partial charge in [-0.1, -0.05) is 6.07 Å². The monoisotopic (exact) mass is 257 g/mol. The number of hydrogen-bond donors (Lipinski definition) is 1. The second kappa shape index (κ2) is 5.80. The van der Waals surface area contributed by atoms with Gasteiger partial charge in [-0.25, -0.2) is 0 Å². The van der Waals surface area contributed by atoms with Crippen LogP contribution < -0.4 is 10.1 Å². The first kappa shape index (κ1) is 13.5. The molecule has 0 amide bonds. The van der Waals surface area contributed by atoms with E-state index < -0.39 is 0 Å². The molecule has 0 bridgehead atoms. The van der Waals surface area contributed by atoms with Gasteiger partial charge in [-0.3, -0.25) is 9.97 Å². The predicted molar refractivity (Wildman–Crippen MR) is 75.4 cm³/mol. The molecule has 2 heterocycles. The lowest BCUT2D eigenvalue weighted by molar-refractivity contribution is 0.411. The average Bonchev–Trinajstić information content (AvgIpc) is 2.42. The molecule has 0 aliphatic carbocycles. The zero-order chi connectivity index (χ0) is 13.8. The number of nitrogens with one attached hydrogen (secondary N) is 1. The summed E-state index contributed by atoms with van der Waals surface area (Å²) in [4.78, 5) is 8.73. The minimum absolute atomic E-state index is 0.0655. The molecule has 0 aliphatic heterocycles. The van der Waals surface area contributed by atoms with Crippen molar-refractivity contribution in [1.82, 2.24) is 15.3 Å². The summed E-state index contributed by atoms with van der Waals surface area (Å²) in [6.45, 7) is 4.03. The van der Waals surface area contributed by atoms with Crippen molar-refractivity contribution in [1.29, 1.82) is 0 Å². The number of aryl methyl sites for hydroxylation is 2. The highest BCUT2D eigenvalue weighted by molar-refractivity contribution is 5.36. The van der Waals surface area contributed by atoms with E-state index >= 15 is 0 Å². The summed E-state index contributed by atoms with van der Waals surface area (Å²) in [5, 5.41) is 3.31. The number of hydrogen-bond acceptors (Lipinski definition) is 4. The third-order valence-corrected chi connectivity index (χ3v) is 3.17. The standard InChI is InChI=1S/C15H19N3O/c1-10-5-6-14(11(2)18-10)15(16-3)12-7-13(19-4)9-17-8-12/h5-9,15-16H,1-4H3. The van der Waals surface area contributed by atoms with Crippen LogP contribution >= 0.6 is 0 Å². The van der Waals surface area contributed by atoms with Crippen molar-refractivity contribution in [3.05, 3.63) is 53.1 Å². The Morgan fingerprint density at radius 1 is 1.21 bits per heavy atom. The number of methoxy groups -OCH3 is 1. The van der Waals surface area contributed by atoms with E-state index in [1.54, 1.807) is 13.3 Å². The topological polar surface area (TPSA) is 47.0 Å². The number of rotatable bonds is 4. The highest BCUT2D eigenvalue weighted by Crippen LogP contribution is 2.25. The van der Waals surface area contributed by atoms with E-state index in [4.69, 9.17) is 4.74 Å². The van der Waals surface area contributed by atoms with E-state index in [2.05, 4.69) is 21.4 Å². The van der Waals surface area contributed by atoms with E-state index in [-0.39, 0.29) is 6.04 Å². The highest BCUT2D eigenvalue weighted by Gasteiger charge is 2.16. The molecule has 0 aliphatic rings. The van der Waals surface area contributed by atoms with Crippen molar-refractivity contribution in [2.45, 2.75) is 19.9 Å². The first-order valence-corrected chi connectivity index (χ1v) is 6.26. The Hall–Kier alpha value is -1.94. The van der Waals surface area contributed by atoms with Crippen LogP contribution in [0.1, 0.15) is 28.6 Å². The van der Waals surface area contributed by atoms with Gasteiger partial charge in [-0.15, -0.1) is 0 Å². The quantitative estimate of drug-likeness (QED) is 0.913. The van der Waals surface area contributed by atoms with Crippen molar-refractivity contribution < 1.29 is 4.74 Å². The van der Waals surface area contributed by atoms with Crippen molar-refractivity contribution in [3.63, 3.8) is 0 Å². The molecule has 0 saturated heterocycles. The SMILES string of the molecule is CNC(c1cncc(OC)c1)c1ccc(C)nc1C. The Labute approximate surface area is 113 Å². The lowest BCUT2D eigenvalue weighted by Gasteiger charge is -2.19. The zero-order valence-electron chi connectivity index (χ0n) is 11.8. The Balaban J connectivity index is 2.43. The Kier molecular flexibility index (Phi) is 4.12. The van der Waals surface area contributed by atoms with Crippen LogP contribution in [0.4, 0.5) is 0 Å². The van der Waals surface area contributed by atoms with Crippen LogP contribution in [0.15, 0.2) is 30.6 Å². The Bertz CT molecular complexity index is 569. The van der Waals surface area contributed by atoms with Crippen LogP contribution in [-0.4, -0.2) is 24.1 Å². The van der Waals surface area contributed by atoms with E-state index in [1.165, 1.54) is 0 Å². The summed E-state index contributed by atoms with van der Waals surface area (Å²) in [6, 6.07) is 6.20. The van der Waals surface area contributed by atoms with Gasteiger partial charge in [0.05, 0.1) is 19.3 Å². The lowest BCUT2D eigenvalue weighted by Crippen LogP contribution is -2.19. The molecule has 4 nitrogen and oxygen atoms in total. The van der Waals surface area contributed by atoms with Crippen LogP contribution in [0.25, 0.3) is 0 Å². The van der Waals surface area contributed by atoms with Gasteiger partial charge in [0.15, 0.2) is 0 Å². The molecule has 0 saturated carbocycles. The molecule has 2 aromatic heterocycles. The molecular weight excluding hydrogens is 238 g/mol. The molecule has 2 rings (SSSR count). The van der Waals surface area contributed by atoms with E-state index in [0.29, 0.717) is 0 Å². The smallest absolute Gasteiger partial charge is 0.137 e. The maximum Gasteiger partial charge on any atom is 0.137 e.